The molecule has 18 heavy (non-hydrogen) atoms. The Morgan fingerprint density at radius 1 is 1.28 bits per heavy atom. The third kappa shape index (κ3) is 2.73. The van der Waals surface area contributed by atoms with E-state index in [-0.39, 0.29) is 0 Å². The first-order chi connectivity index (χ1) is 8.47. The van der Waals surface area contributed by atoms with E-state index in [0.29, 0.717) is 12.0 Å². The lowest BCUT2D eigenvalue weighted by Crippen LogP contribution is -2.02. The average molecular weight is 269 g/mol. The third-order valence-corrected chi connectivity index (χ3v) is 3.86. The van der Waals surface area contributed by atoms with Gasteiger partial charge in [-0.2, -0.15) is 0 Å². The molecule has 1 aromatic carbocycles. The van der Waals surface area contributed by atoms with E-state index in [2.05, 4.69) is 4.98 Å². The minimum absolute atomic E-state index is 0.310. The predicted octanol–water partition coefficient (Wildman–Crippen LogP) is 3.31. The lowest BCUT2D eigenvalue weighted by Gasteiger charge is -2.09. The molecule has 0 aliphatic heterocycles. The van der Waals surface area contributed by atoms with Crippen LogP contribution in [0.2, 0.25) is 0 Å². The number of nitrogens with zero attached hydrogens (tertiary/aromatic N) is 1. The molecule has 0 radical (unpaired) electrons. The lowest BCUT2D eigenvalue weighted by molar-refractivity contribution is 0.177. The van der Waals surface area contributed by atoms with Gasteiger partial charge in [0.25, 0.3) is 0 Å². The molecule has 5 heteroatoms. The zero-order valence-electron chi connectivity index (χ0n) is 10.1. The van der Waals surface area contributed by atoms with Crippen molar-refractivity contribution < 1.29 is 13.9 Å². The first kappa shape index (κ1) is 13.1. The first-order valence-electron chi connectivity index (χ1n) is 5.53. The molecule has 2 nitrogen and oxygen atoms in total. The fourth-order valence-electron chi connectivity index (χ4n) is 1.63. The molecule has 2 aromatic rings. The van der Waals surface area contributed by atoms with E-state index in [9.17, 15) is 13.9 Å². The largest absolute Gasteiger partial charge is 0.388 e. The summed E-state index contributed by atoms with van der Waals surface area (Å²) < 4.78 is 25.8. The van der Waals surface area contributed by atoms with Gasteiger partial charge >= 0.3 is 0 Å². The molecule has 1 heterocycles. The maximum absolute atomic E-state index is 13.0. The van der Waals surface area contributed by atoms with E-state index < -0.39 is 17.7 Å². The number of aromatic nitrogens is 1. The fourth-order valence-corrected chi connectivity index (χ4v) is 2.60. The molecule has 0 amide bonds. The third-order valence-electron chi connectivity index (χ3n) is 2.77. The van der Waals surface area contributed by atoms with Gasteiger partial charge in [-0.15, -0.1) is 11.3 Å². The van der Waals surface area contributed by atoms with Crippen LogP contribution in [0.25, 0.3) is 0 Å². The Bertz CT molecular complexity index is 549. The highest BCUT2D eigenvalue weighted by atomic mass is 32.1. The summed E-state index contributed by atoms with van der Waals surface area (Å²) in [7, 11) is 0. The number of aliphatic hydroxyl groups excluding tert-OH is 1. The number of hydrogen-bond acceptors (Lipinski definition) is 3. The van der Waals surface area contributed by atoms with E-state index >= 15 is 0 Å². The van der Waals surface area contributed by atoms with E-state index in [1.54, 1.807) is 0 Å². The number of aryl methyl sites for hydroxylation is 2. The maximum Gasteiger partial charge on any atom is 0.159 e. The van der Waals surface area contributed by atoms with Gasteiger partial charge in [-0.25, -0.2) is 13.8 Å². The Hall–Kier alpha value is -1.33. The number of thiazole rings is 1. The second kappa shape index (κ2) is 5.12. The van der Waals surface area contributed by atoms with E-state index in [4.69, 9.17) is 0 Å². The van der Waals surface area contributed by atoms with Crippen LogP contribution in [-0.2, 0) is 6.42 Å². The Kier molecular flexibility index (Phi) is 3.73. The van der Waals surface area contributed by atoms with Crippen LogP contribution in [0.4, 0.5) is 8.78 Å². The Balaban J connectivity index is 2.16. The lowest BCUT2D eigenvalue weighted by atomic mass is 10.1. The summed E-state index contributed by atoms with van der Waals surface area (Å²) in [5.74, 6) is -1.86. The number of hydrogen-bond donors (Lipinski definition) is 1. The smallest absolute Gasteiger partial charge is 0.159 e. The average Bonchev–Trinajstić information content (AvgIpc) is 2.61. The van der Waals surface area contributed by atoms with E-state index in [1.165, 1.54) is 17.4 Å². The van der Waals surface area contributed by atoms with Crippen LogP contribution in [0.5, 0.6) is 0 Å². The zero-order valence-corrected chi connectivity index (χ0v) is 10.9. The molecule has 1 atom stereocenters. The van der Waals surface area contributed by atoms with Gasteiger partial charge in [0.05, 0.1) is 16.8 Å². The normalized spacial score (nSPS) is 12.7. The molecule has 0 saturated carbocycles. The van der Waals surface area contributed by atoms with E-state index in [1.807, 2.05) is 13.8 Å². The minimum atomic E-state index is -0.946. The minimum Gasteiger partial charge on any atom is -0.388 e. The standard InChI is InChI=1S/C13H13F2NOS/c1-7-8(2)18-13(16-7)6-12(17)9-3-4-10(14)11(15)5-9/h3-5,12,17H,6H2,1-2H3. The summed E-state index contributed by atoms with van der Waals surface area (Å²) in [6, 6.07) is 3.43. The molecule has 0 aliphatic carbocycles. The molecule has 1 unspecified atom stereocenters. The van der Waals surface area contributed by atoms with Crippen LogP contribution >= 0.6 is 11.3 Å². The van der Waals surface area contributed by atoms with Crippen LogP contribution in [0, 0.1) is 25.5 Å². The van der Waals surface area contributed by atoms with Crippen LogP contribution in [0.1, 0.15) is 27.2 Å². The Labute approximate surface area is 108 Å². The molecule has 0 bridgehead atoms. The Morgan fingerprint density at radius 3 is 2.56 bits per heavy atom. The van der Waals surface area contributed by atoms with Crippen molar-refractivity contribution in [3.8, 4) is 0 Å². The second-order valence-electron chi connectivity index (χ2n) is 4.14. The summed E-state index contributed by atoms with van der Waals surface area (Å²) in [5, 5.41) is 10.8. The molecule has 96 valence electrons. The Morgan fingerprint density at radius 2 is 2.00 bits per heavy atom. The molecule has 0 aliphatic rings. The number of aliphatic hydroxyl groups is 1. The molecule has 0 saturated heterocycles. The molecular weight excluding hydrogens is 256 g/mol. The van der Waals surface area contributed by atoms with Gasteiger partial charge in [0.2, 0.25) is 0 Å². The molecular formula is C13H13F2NOS. The van der Waals surface area contributed by atoms with Crippen molar-refractivity contribution in [2.24, 2.45) is 0 Å². The van der Waals surface area contributed by atoms with Crippen molar-refractivity contribution in [3.63, 3.8) is 0 Å². The quantitative estimate of drug-likeness (QED) is 0.927. The van der Waals surface area contributed by atoms with Gasteiger partial charge in [0.1, 0.15) is 0 Å². The number of halogens is 2. The SMILES string of the molecule is Cc1nc(CC(O)c2ccc(F)c(F)c2)sc1C. The van der Waals surface area contributed by atoms with Crippen molar-refractivity contribution in [1.82, 2.24) is 4.98 Å². The first-order valence-corrected chi connectivity index (χ1v) is 6.35. The number of rotatable bonds is 3. The second-order valence-corrected chi connectivity index (χ2v) is 5.43. The summed E-state index contributed by atoms with van der Waals surface area (Å²) in [4.78, 5) is 5.41. The van der Waals surface area contributed by atoms with Crippen LogP contribution in [0.3, 0.4) is 0 Å². The number of benzene rings is 1. The molecule has 2 rings (SSSR count). The van der Waals surface area contributed by atoms with Gasteiger partial charge in [-0.05, 0) is 31.5 Å². The summed E-state index contributed by atoms with van der Waals surface area (Å²) in [6.07, 6.45) is -0.560. The maximum atomic E-state index is 13.0. The zero-order chi connectivity index (χ0) is 13.3. The predicted molar refractivity (Wildman–Crippen MR) is 66.6 cm³/mol. The van der Waals surface area contributed by atoms with Crippen molar-refractivity contribution in [3.05, 3.63) is 51.0 Å². The van der Waals surface area contributed by atoms with Crippen LogP contribution in [-0.4, -0.2) is 10.1 Å². The van der Waals surface area contributed by atoms with Crippen LogP contribution in [0.15, 0.2) is 18.2 Å². The highest BCUT2D eigenvalue weighted by Crippen LogP contribution is 2.24. The van der Waals surface area contributed by atoms with Crippen LogP contribution < -0.4 is 0 Å². The van der Waals surface area contributed by atoms with Crippen molar-refractivity contribution in [1.29, 1.82) is 0 Å². The topological polar surface area (TPSA) is 33.1 Å². The molecule has 0 fully saturated rings. The van der Waals surface area contributed by atoms with Gasteiger partial charge in [0, 0.05) is 11.3 Å². The van der Waals surface area contributed by atoms with Crippen molar-refractivity contribution in [2.45, 2.75) is 26.4 Å². The van der Waals surface area contributed by atoms with Crippen molar-refractivity contribution in [2.75, 3.05) is 0 Å². The van der Waals surface area contributed by atoms with Gasteiger partial charge in [-0.3, -0.25) is 0 Å². The fraction of sp³-hybridized carbons (Fsp3) is 0.308. The molecule has 0 spiro atoms. The van der Waals surface area contributed by atoms with Gasteiger partial charge < -0.3 is 5.11 Å². The van der Waals surface area contributed by atoms with Gasteiger partial charge in [0.15, 0.2) is 11.6 Å². The summed E-state index contributed by atoms with van der Waals surface area (Å²) in [5.41, 5.74) is 1.30. The monoisotopic (exact) mass is 269 g/mol. The van der Waals surface area contributed by atoms with Crippen molar-refractivity contribution >= 4 is 11.3 Å². The highest BCUT2D eigenvalue weighted by molar-refractivity contribution is 7.11. The molecule has 1 N–H and O–H groups in total. The molecule has 1 aromatic heterocycles. The van der Waals surface area contributed by atoms with Gasteiger partial charge in [-0.1, -0.05) is 6.07 Å². The van der Waals surface area contributed by atoms with E-state index in [0.717, 1.165) is 27.7 Å². The highest BCUT2D eigenvalue weighted by Gasteiger charge is 2.14. The summed E-state index contributed by atoms with van der Waals surface area (Å²) >= 11 is 1.51. The summed E-state index contributed by atoms with van der Waals surface area (Å²) in [6.45, 7) is 3.86.